The van der Waals surface area contributed by atoms with Crippen LogP contribution in [0.1, 0.15) is 5.69 Å². The molecule has 1 aliphatic heterocycles. The van der Waals surface area contributed by atoms with Gasteiger partial charge in [0.05, 0.1) is 18.8 Å². The number of nitrogens with one attached hydrogen (secondary N) is 1. The molecule has 0 spiro atoms. The number of hydrogen-bond acceptors (Lipinski definition) is 6. The molecule has 1 aromatic rings. The van der Waals surface area contributed by atoms with E-state index < -0.39 is 18.1 Å². The Balaban J connectivity index is 1.90. The Morgan fingerprint density at radius 1 is 1.78 bits per heavy atom. The number of alkyl carbamates (subject to hydrolysis) is 1. The van der Waals surface area contributed by atoms with Crippen molar-refractivity contribution in [3.05, 3.63) is 11.9 Å². The first-order chi connectivity index (χ1) is 8.54. The van der Waals surface area contributed by atoms with E-state index in [-0.39, 0.29) is 12.5 Å². The standard InChI is InChI=1S/C9H13N5O4/c10-7(8(15)16)1-5-3-14(13-12-5)4-6-2-11-9(17)18-6/h3,6-7H,1-2,4,10H2,(H,11,17)(H,15,16). The first-order valence-corrected chi connectivity index (χ1v) is 5.36. The summed E-state index contributed by atoms with van der Waals surface area (Å²) in [5.74, 6) is -1.08. The third kappa shape index (κ3) is 2.94. The average Bonchev–Trinajstić information content (AvgIpc) is 2.89. The van der Waals surface area contributed by atoms with Gasteiger partial charge in [-0.15, -0.1) is 5.10 Å². The second kappa shape index (κ2) is 5.00. The molecular weight excluding hydrogens is 242 g/mol. The molecule has 9 heteroatoms. The van der Waals surface area contributed by atoms with Gasteiger partial charge in [-0.1, -0.05) is 5.21 Å². The van der Waals surface area contributed by atoms with E-state index in [0.29, 0.717) is 18.8 Å². The third-order valence-corrected chi connectivity index (χ3v) is 2.47. The largest absolute Gasteiger partial charge is 0.480 e. The first kappa shape index (κ1) is 12.3. The number of hydrogen-bond donors (Lipinski definition) is 3. The fourth-order valence-corrected chi connectivity index (χ4v) is 1.58. The predicted molar refractivity (Wildman–Crippen MR) is 57.6 cm³/mol. The lowest BCUT2D eigenvalue weighted by molar-refractivity contribution is -0.138. The van der Waals surface area contributed by atoms with E-state index in [1.807, 2.05) is 0 Å². The number of ether oxygens (including phenoxy) is 1. The molecule has 4 N–H and O–H groups in total. The van der Waals surface area contributed by atoms with Gasteiger partial charge in [-0.05, 0) is 0 Å². The zero-order valence-electron chi connectivity index (χ0n) is 9.44. The highest BCUT2D eigenvalue weighted by atomic mass is 16.6. The van der Waals surface area contributed by atoms with Crippen molar-refractivity contribution < 1.29 is 19.4 Å². The van der Waals surface area contributed by atoms with Gasteiger partial charge in [0.1, 0.15) is 12.1 Å². The van der Waals surface area contributed by atoms with Crippen LogP contribution in [0.25, 0.3) is 0 Å². The molecule has 0 bridgehead atoms. The molecule has 1 saturated heterocycles. The summed E-state index contributed by atoms with van der Waals surface area (Å²) in [6, 6.07) is -0.999. The highest BCUT2D eigenvalue weighted by Crippen LogP contribution is 2.04. The molecular formula is C9H13N5O4. The lowest BCUT2D eigenvalue weighted by atomic mass is 10.2. The number of nitrogens with two attached hydrogens (primary N) is 1. The van der Waals surface area contributed by atoms with Crippen LogP contribution in [-0.2, 0) is 22.5 Å². The molecule has 9 nitrogen and oxygen atoms in total. The fourth-order valence-electron chi connectivity index (χ4n) is 1.58. The van der Waals surface area contributed by atoms with Gasteiger partial charge in [0, 0.05) is 12.6 Å². The Morgan fingerprint density at radius 3 is 3.17 bits per heavy atom. The minimum Gasteiger partial charge on any atom is -0.480 e. The van der Waals surface area contributed by atoms with Crippen LogP contribution in [0.2, 0.25) is 0 Å². The smallest absolute Gasteiger partial charge is 0.407 e. The van der Waals surface area contributed by atoms with E-state index in [9.17, 15) is 9.59 Å². The maximum absolute atomic E-state index is 10.8. The molecule has 2 atom stereocenters. The van der Waals surface area contributed by atoms with Crippen LogP contribution in [0.15, 0.2) is 6.20 Å². The van der Waals surface area contributed by atoms with Crippen LogP contribution in [-0.4, -0.2) is 50.9 Å². The second-order valence-electron chi connectivity index (χ2n) is 3.99. The summed E-state index contributed by atoms with van der Waals surface area (Å²) in [5, 5.41) is 18.8. The van der Waals surface area contributed by atoms with Gasteiger partial charge < -0.3 is 20.9 Å². The van der Waals surface area contributed by atoms with Crippen molar-refractivity contribution in [2.45, 2.75) is 25.1 Å². The third-order valence-electron chi connectivity index (χ3n) is 2.47. The Morgan fingerprint density at radius 2 is 2.56 bits per heavy atom. The molecule has 1 aliphatic rings. The number of amides is 1. The van der Waals surface area contributed by atoms with Gasteiger partial charge >= 0.3 is 12.1 Å². The summed E-state index contributed by atoms with van der Waals surface area (Å²) >= 11 is 0. The van der Waals surface area contributed by atoms with Crippen LogP contribution in [0.4, 0.5) is 4.79 Å². The number of carbonyl (C=O) groups excluding carboxylic acids is 1. The van der Waals surface area contributed by atoms with Crippen molar-refractivity contribution in [2.75, 3.05) is 6.54 Å². The topological polar surface area (TPSA) is 132 Å². The van der Waals surface area contributed by atoms with Gasteiger partial charge in [-0.25, -0.2) is 9.48 Å². The van der Waals surface area contributed by atoms with Crippen molar-refractivity contribution in [1.29, 1.82) is 0 Å². The van der Waals surface area contributed by atoms with Crippen LogP contribution < -0.4 is 11.1 Å². The van der Waals surface area contributed by atoms with E-state index in [1.54, 1.807) is 6.20 Å². The number of aliphatic carboxylic acids is 1. The van der Waals surface area contributed by atoms with Crippen LogP contribution in [0.3, 0.4) is 0 Å². The SMILES string of the molecule is NC(Cc1cn(CC2CNC(=O)O2)nn1)C(=O)O. The van der Waals surface area contributed by atoms with Gasteiger partial charge in [0.2, 0.25) is 0 Å². The van der Waals surface area contributed by atoms with Crippen molar-refractivity contribution in [2.24, 2.45) is 5.73 Å². The maximum atomic E-state index is 10.8. The molecule has 0 saturated carbocycles. The molecule has 18 heavy (non-hydrogen) atoms. The lowest BCUT2D eigenvalue weighted by Gasteiger charge is -2.06. The molecule has 0 aromatic carbocycles. The van der Waals surface area contributed by atoms with Crippen molar-refractivity contribution in [3.63, 3.8) is 0 Å². The summed E-state index contributed by atoms with van der Waals surface area (Å²) in [5.41, 5.74) is 5.87. The van der Waals surface area contributed by atoms with E-state index in [4.69, 9.17) is 15.6 Å². The number of nitrogens with zero attached hydrogens (tertiary/aromatic N) is 3. The van der Waals surface area contributed by atoms with Gasteiger partial charge in [-0.3, -0.25) is 4.79 Å². The highest BCUT2D eigenvalue weighted by Gasteiger charge is 2.23. The second-order valence-corrected chi connectivity index (χ2v) is 3.99. The zero-order chi connectivity index (χ0) is 13.1. The molecule has 0 aliphatic carbocycles. The number of cyclic esters (lactones) is 1. The molecule has 1 aromatic heterocycles. The van der Waals surface area contributed by atoms with Gasteiger partial charge in [-0.2, -0.15) is 0 Å². The number of carbonyl (C=O) groups is 2. The summed E-state index contributed by atoms with van der Waals surface area (Å²) < 4.78 is 6.43. The van der Waals surface area contributed by atoms with Gasteiger partial charge in [0.25, 0.3) is 0 Å². The first-order valence-electron chi connectivity index (χ1n) is 5.36. The minimum atomic E-state index is -1.08. The predicted octanol–water partition coefficient (Wildman–Crippen LogP) is -1.66. The maximum Gasteiger partial charge on any atom is 0.407 e. The minimum absolute atomic E-state index is 0.109. The summed E-state index contributed by atoms with van der Waals surface area (Å²) in [7, 11) is 0. The summed E-state index contributed by atoms with van der Waals surface area (Å²) in [6.45, 7) is 0.788. The number of rotatable bonds is 5. The molecule has 2 unspecified atom stereocenters. The molecule has 1 amide bonds. The van der Waals surface area contributed by atoms with E-state index in [0.717, 1.165) is 0 Å². The van der Waals surface area contributed by atoms with Crippen molar-refractivity contribution in [3.8, 4) is 0 Å². The zero-order valence-corrected chi connectivity index (χ0v) is 9.44. The normalized spacial score (nSPS) is 20.3. The Hall–Kier alpha value is -2.16. The summed E-state index contributed by atoms with van der Waals surface area (Å²) in [6.07, 6.45) is 0.959. The Bertz CT molecular complexity index is 460. The van der Waals surface area contributed by atoms with Crippen LogP contribution in [0.5, 0.6) is 0 Å². The fraction of sp³-hybridized carbons (Fsp3) is 0.556. The van der Waals surface area contributed by atoms with Gasteiger partial charge in [0.15, 0.2) is 0 Å². The molecule has 1 fully saturated rings. The highest BCUT2D eigenvalue weighted by molar-refractivity contribution is 5.73. The summed E-state index contributed by atoms with van der Waals surface area (Å²) in [4.78, 5) is 21.4. The number of carboxylic acids is 1. The molecule has 0 radical (unpaired) electrons. The average molecular weight is 255 g/mol. The van der Waals surface area contributed by atoms with Crippen LogP contribution >= 0.6 is 0 Å². The molecule has 2 heterocycles. The Labute approximate surface area is 102 Å². The monoisotopic (exact) mass is 255 g/mol. The van der Waals surface area contributed by atoms with Crippen molar-refractivity contribution in [1.82, 2.24) is 20.3 Å². The molecule has 2 rings (SSSR count). The van der Waals surface area contributed by atoms with E-state index in [2.05, 4.69) is 15.6 Å². The van der Waals surface area contributed by atoms with Crippen molar-refractivity contribution >= 4 is 12.1 Å². The lowest BCUT2D eigenvalue weighted by Crippen LogP contribution is -2.32. The van der Waals surface area contributed by atoms with Crippen LogP contribution in [0, 0.1) is 0 Å². The molecule has 98 valence electrons. The number of aromatic nitrogens is 3. The van der Waals surface area contributed by atoms with E-state index in [1.165, 1.54) is 4.68 Å². The number of carboxylic acid groups (broad SMARTS) is 1. The van der Waals surface area contributed by atoms with E-state index >= 15 is 0 Å². The quantitative estimate of drug-likeness (QED) is 0.573. The Kier molecular flexibility index (Phi) is 3.42.